The fraction of sp³-hybridized carbons (Fsp3) is 0.118. The first-order valence-corrected chi connectivity index (χ1v) is 6.55. The Bertz CT molecular complexity index is 680. The molecule has 0 fully saturated rings. The van der Waals surface area contributed by atoms with Crippen molar-refractivity contribution in [3.05, 3.63) is 65.5 Å². The van der Waals surface area contributed by atoms with Crippen LogP contribution in [0, 0.1) is 13.8 Å². The molecule has 0 aliphatic carbocycles. The average molecular weight is 280 g/mol. The highest BCUT2D eigenvalue weighted by atomic mass is 16.5. The smallest absolute Gasteiger partial charge is 0.337 e. The minimum atomic E-state index is -0.476. The van der Waals surface area contributed by atoms with E-state index in [0.29, 0.717) is 0 Å². The minimum absolute atomic E-state index is 0.207. The van der Waals surface area contributed by atoms with Crippen molar-refractivity contribution in [2.75, 3.05) is 0 Å². The van der Waals surface area contributed by atoms with Crippen molar-refractivity contribution >= 4 is 24.2 Å². The Kier molecular flexibility index (Phi) is 4.99. The Balaban J connectivity index is 2.02. The molecule has 0 saturated heterocycles. The molecule has 0 bridgehead atoms. The van der Waals surface area contributed by atoms with Crippen LogP contribution in [0.2, 0.25) is 0 Å². The number of hydrogen-bond donors (Lipinski definition) is 0. The molecule has 4 heteroatoms. The first-order valence-electron chi connectivity index (χ1n) is 6.55. The quantitative estimate of drug-likeness (QED) is 0.616. The first-order chi connectivity index (χ1) is 10.1. The predicted molar refractivity (Wildman–Crippen MR) is 85.2 cm³/mol. The van der Waals surface area contributed by atoms with Crippen molar-refractivity contribution in [1.29, 1.82) is 0 Å². The van der Waals surface area contributed by atoms with Crippen molar-refractivity contribution in [3.63, 3.8) is 0 Å². The van der Waals surface area contributed by atoms with E-state index in [2.05, 4.69) is 16.1 Å². The Labute approximate surface area is 123 Å². The fourth-order valence-electron chi connectivity index (χ4n) is 1.77. The monoisotopic (exact) mass is 280 g/mol. The minimum Gasteiger partial charge on any atom is -0.404 e. The molecule has 21 heavy (non-hydrogen) atoms. The molecule has 0 aromatic heterocycles. The van der Waals surface area contributed by atoms with Crippen molar-refractivity contribution < 1.29 is 9.53 Å². The van der Waals surface area contributed by atoms with Gasteiger partial charge in [0.1, 0.15) is 0 Å². The normalized spacial score (nSPS) is 21.0. The molecule has 1 aliphatic rings. The Morgan fingerprint density at radius 3 is 2.90 bits per heavy atom. The van der Waals surface area contributed by atoms with Crippen LogP contribution in [-0.2, 0) is 9.53 Å². The van der Waals surface area contributed by atoms with Gasteiger partial charge in [-0.05, 0) is 37.1 Å². The number of ether oxygens (including phenoxy) is 1. The molecule has 0 radical (unpaired) electrons. The lowest BCUT2D eigenvalue weighted by atomic mass is 10.1. The highest BCUT2D eigenvalue weighted by molar-refractivity contribution is 6.01. The molecule has 0 unspecified atom stereocenters. The summed E-state index contributed by atoms with van der Waals surface area (Å²) in [6.07, 6.45) is 10.9. The lowest BCUT2D eigenvalue weighted by Gasteiger charge is -2.02. The molecule has 4 nitrogen and oxygen atoms in total. The third-order valence-electron chi connectivity index (χ3n) is 2.79. The van der Waals surface area contributed by atoms with Gasteiger partial charge in [0, 0.05) is 30.8 Å². The van der Waals surface area contributed by atoms with Crippen LogP contribution in [0.15, 0.2) is 58.8 Å². The van der Waals surface area contributed by atoms with Gasteiger partial charge < -0.3 is 4.74 Å². The summed E-state index contributed by atoms with van der Waals surface area (Å²) in [7, 11) is 0. The number of carbonyl (C=O) groups excluding carboxylic acids is 1. The van der Waals surface area contributed by atoms with Gasteiger partial charge in [0.2, 0.25) is 5.90 Å². The average Bonchev–Trinajstić information content (AvgIpc) is 2.41. The number of allylic oxidation sites excluding steroid dienone is 1. The zero-order valence-electron chi connectivity index (χ0n) is 12.0. The summed E-state index contributed by atoms with van der Waals surface area (Å²) in [5.41, 5.74) is 3.28. The standard InChI is InChI=1S/C17H16N2O2/c1-13-4-5-15(14(2)12-13)6-7-17(20)21-16-8-11-18-9-3-10-19-16/h3-12H,1-2H3/b7-6?,9-3?,10-3-,11-8-,16-8?,18-9-,18-11?,19-10?,19-16+. The largest absolute Gasteiger partial charge is 0.404 e. The summed E-state index contributed by atoms with van der Waals surface area (Å²) in [6.45, 7) is 4.03. The maximum absolute atomic E-state index is 11.8. The van der Waals surface area contributed by atoms with Gasteiger partial charge in [-0.15, -0.1) is 0 Å². The van der Waals surface area contributed by atoms with Crippen LogP contribution in [0.25, 0.3) is 6.08 Å². The van der Waals surface area contributed by atoms with Crippen LogP contribution in [0.4, 0.5) is 0 Å². The summed E-state index contributed by atoms with van der Waals surface area (Å²) >= 11 is 0. The van der Waals surface area contributed by atoms with Gasteiger partial charge >= 0.3 is 5.97 Å². The Morgan fingerprint density at radius 2 is 2.10 bits per heavy atom. The van der Waals surface area contributed by atoms with Gasteiger partial charge in [-0.3, -0.25) is 4.99 Å². The molecule has 2 rings (SSSR count). The second-order valence-electron chi connectivity index (χ2n) is 4.54. The topological polar surface area (TPSA) is 51.0 Å². The van der Waals surface area contributed by atoms with E-state index in [9.17, 15) is 4.79 Å². The Morgan fingerprint density at radius 1 is 1.24 bits per heavy atom. The number of carbonyl (C=O) groups is 1. The van der Waals surface area contributed by atoms with E-state index in [-0.39, 0.29) is 5.90 Å². The third-order valence-corrected chi connectivity index (χ3v) is 2.79. The lowest BCUT2D eigenvalue weighted by Crippen LogP contribution is -2.07. The summed E-state index contributed by atoms with van der Waals surface area (Å²) in [5.74, 6) is -0.269. The van der Waals surface area contributed by atoms with Crippen LogP contribution < -0.4 is 0 Å². The summed E-state index contributed by atoms with van der Waals surface area (Å²) in [4.78, 5) is 19.7. The first kappa shape index (κ1) is 14.7. The summed E-state index contributed by atoms with van der Waals surface area (Å²) in [5, 5.41) is 0. The zero-order chi connectivity index (χ0) is 15.1. The van der Waals surface area contributed by atoms with Crippen molar-refractivity contribution in [2.45, 2.75) is 13.8 Å². The van der Waals surface area contributed by atoms with E-state index >= 15 is 0 Å². The van der Waals surface area contributed by atoms with E-state index in [0.717, 1.165) is 11.1 Å². The number of benzene rings is 1. The van der Waals surface area contributed by atoms with Crippen LogP contribution in [-0.4, -0.2) is 18.1 Å². The fourth-order valence-corrected chi connectivity index (χ4v) is 1.77. The second kappa shape index (κ2) is 7.14. The highest BCUT2D eigenvalue weighted by Gasteiger charge is 2.03. The molecule has 0 saturated carbocycles. The van der Waals surface area contributed by atoms with E-state index in [1.54, 1.807) is 18.4 Å². The van der Waals surface area contributed by atoms with Gasteiger partial charge in [0.25, 0.3) is 0 Å². The van der Waals surface area contributed by atoms with Crippen molar-refractivity contribution in [3.8, 4) is 0 Å². The molecular weight excluding hydrogens is 264 g/mol. The van der Waals surface area contributed by atoms with Crippen molar-refractivity contribution in [2.24, 2.45) is 9.98 Å². The number of rotatable bonds is 2. The molecule has 0 spiro atoms. The summed E-state index contributed by atoms with van der Waals surface area (Å²) < 4.78 is 5.12. The molecule has 1 heterocycles. The van der Waals surface area contributed by atoms with Gasteiger partial charge in [-0.25, -0.2) is 9.79 Å². The lowest BCUT2D eigenvalue weighted by molar-refractivity contribution is -0.129. The molecule has 1 aliphatic heterocycles. The molecule has 1 aromatic carbocycles. The number of esters is 1. The molecule has 0 N–H and O–H groups in total. The summed E-state index contributed by atoms with van der Waals surface area (Å²) in [6, 6.07) is 6.04. The molecule has 0 amide bonds. The van der Waals surface area contributed by atoms with E-state index in [4.69, 9.17) is 4.74 Å². The maximum Gasteiger partial charge on any atom is 0.337 e. The van der Waals surface area contributed by atoms with Gasteiger partial charge in [-0.2, -0.15) is 0 Å². The number of aryl methyl sites for hydroxylation is 2. The van der Waals surface area contributed by atoms with E-state index in [1.807, 2.05) is 26.0 Å². The zero-order valence-corrected chi connectivity index (χ0v) is 12.0. The van der Waals surface area contributed by atoms with Crippen LogP contribution >= 0.6 is 0 Å². The Hall–Kier alpha value is -2.75. The van der Waals surface area contributed by atoms with E-state index in [1.165, 1.54) is 30.1 Å². The second-order valence-corrected chi connectivity index (χ2v) is 4.54. The predicted octanol–water partition coefficient (Wildman–Crippen LogP) is 3.37. The SMILES string of the molecule is Cc1ccc(C=CC(=O)OC2=N/C=C\C=N/C=C\2)c(C)c1. The molecule has 0 atom stereocenters. The van der Waals surface area contributed by atoms with Crippen LogP contribution in [0.5, 0.6) is 0 Å². The van der Waals surface area contributed by atoms with Crippen LogP contribution in [0.3, 0.4) is 0 Å². The molecule has 1 aromatic rings. The molecular formula is C17H16N2O2. The van der Waals surface area contributed by atoms with Gasteiger partial charge in [0.15, 0.2) is 0 Å². The maximum atomic E-state index is 11.8. The van der Waals surface area contributed by atoms with Gasteiger partial charge in [0.05, 0.1) is 0 Å². The highest BCUT2D eigenvalue weighted by Crippen LogP contribution is 2.12. The third kappa shape index (κ3) is 4.69. The number of nitrogens with zero attached hydrogens (tertiary/aromatic N) is 2. The molecule has 106 valence electrons. The van der Waals surface area contributed by atoms with Gasteiger partial charge in [-0.1, -0.05) is 23.8 Å². The number of hydrogen-bond acceptors (Lipinski definition) is 4. The van der Waals surface area contributed by atoms with Crippen molar-refractivity contribution in [1.82, 2.24) is 0 Å². The number of aliphatic imine (C=N–C) groups is 2. The van der Waals surface area contributed by atoms with E-state index < -0.39 is 5.97 Å². The van der Waals surface area contributed by atoms with Crippen LogP contribution in [0.1, 0.15) is 16.7 Å².